The molecule has 110 valence electrons. The SMILES string of the molecule is CC(C)c1ccc(C=NC(C)c2ccc(Cl)cc2Cl)cc1. The summed E-state index contributed by atoms with van der Waals surface area (Å²) in [5.74, 6) is 0.544. The van der Waals surface area contributed by atoms with E-state index in [0.29, 0.717) is 16.0 Å². The Balaban J connectivity index is 2.12. The number of nitrogens with zero attached hydrogens (tertiary/aromatic N) is 1. The highest BCUT2D eigenvalue weighted by Gasteiger charge is 2.08. The summed E-state index contributed by atoms with van der Waals surface area (Å²) in [5, 5.41) is 1.30. The molecule has 2 rings (SSSR count). The molecule has 0 N–H and O–H groups in total. The number of rotatable bonds is 4. The van der Waals surface area contributed by atoms with Gasteiger partial charge < -0.3 is 0 Å². The predicted molar refractivity (Wildman–Crippen MR) is 93.0 cm³/mol. The lowest BCUT2D eigenvalue weighted by Gasteiger charge is -2.09. The van der Waals surface area contributed by atoms with Crippen LogP contribution in [-0.2, 0) is 0 Å². The van der Waals surface area contributed by atoms with Crippen molar-refractivity contribution in [1.82, 2.24) is 0 Å². The van der Waals surface area contributed by atoms with E-state index in [0.717, 1.165) is 11.1 Å². The highest BCUT2D eigenvalue weighted by molar-refractivity contribution is 6.35. The molecule has 2 aromatic carbocycles. The van der Waals surface area contributed by atoms with Crippen molar-refractivity contribution in [2.45, 2.75) is 32.7 Å². The van der Waals surface area contributed by atoms with E-state index in [4.69, 9.17) is 23.2 Å². The molecule has 0 amide bonds. The molecule has 0 aliphatic carbocycles. The van der Waals surface area contributed by atoms with Gasteiger partial charge >= 0.3 is 0 Å². The minimum absolute atomic E-state index is 0.000424. The minimum atomic E-state index is -0.000424. The van der Waals surface area contributed by atoms with Gasteiger partial charge in [0.15, 0.2) is 0 Å². The van der Waals surface area contributed by atoms with Gasteiger partial charge in [0.05, 0.1) is 6.04 Å². The molecule has 0 spiro atoms. The van der Waals surface area contributed by atoms with Crippen LogP contribution in [0.5, 0.6) is 0 Å². The third-order valence-electron chi connectivity index (χ3n) is 3.46. The Kier molecular flexibility index (Phi) is 5.44. The monoisotopic (exact) mass is 319 g/mol. The van der Waals surface area contributed by atoms with Crippen molar-refractivity contribution in [3.63, 3.8) is 0 Å². The van der Waals surface area contributed by atoms with Crippen LogP contribution in [0.3, 0.4) is 0 Å². The maximum Gasteiger partial charge on any atom is 0.0735 e. The fraction of sp³-hybridized carbons (Fsp3) is 0.278. The zero-order valence-electron chi connectivity index (χ0n) is 12.5. The normalized spacial score (nSPS) is 13.0. The molecule has 0 aliphatic rings. The van der Waals surface area contributed by atoms with Crippen molar-refractivity contribution >= 4 is 29.4 Å². The van der Waals surface area contributed by atoms with Gasteiger partial charge in [0, 0.05) is 16.3 Å². The van der Waals surface area contributed by atoms with E-state index in [-0.39, 0.29) is 6.04 Å². The van der Waals surface area contributed by atoms with Crippen molar-refractivity contribution in [2.24, 2.45) is 4.99 Å². The van der Waals surface area contributed by atoms with E-state index in [1.807, 2.05) is 25.3 Å². The van der Waals surface area contributed by atoms with Crippen LogP contribution in [0, 0.1) is 0 Å². The van der Waals surface area contributed by atoms with Crippen LogP contribution in [0.25, 0.3) is 0 Å². The highest BCUT2D eigenvalue weighted by Crippen LogP contribution is 2.28. The molecule has 0 aliphatic heterocycles. The Morgan fingerprint density at radius 3 is 2.19 bits per heavy atom. The first-order chi connectivity index (χ1) is 9.97. The molecule has 3 heteroatoms. The first kappa shape index (κ1) is 16.1. The number of aliphatic imine (C=N–C) groups is 1. The molecule has 0 aromatic heterocycles. The fourth-order valence-corrected chi connectivity index (χ4v) is 2.65. The van der Waals surface area contributed by atoms with Crippen molar-refractivity contribution in [2.75, 3.05) is 0 Å². The highest BCUT2D eigenvalue weighted by atomic mass is 35.5. The Bertz CT molecular complexity index is 630. The number of hydrogen-bond acceptors (Lipinski definition) is 1. The summed E-state index contributed by atoms with van der Waals surface area (Å²) < 4.78 is 0. The molecular formula is C18H19Cl2N. The molecule has 0 fully saturated rings. The van der Waals surface area contributed by atoms with Gasteiger partial charge in [-0.3, -0.25) is 4.99 Å². The van der Waals surface area contributed by atoms with Crippen LogP contribution in [0.15, 0.2) is 47.5 Å². The van der Waals surface area contributed by atoms with E-state index >= 15 is 0 Å². The first-order valence-electron chi connectivity index (χ1n) is 7.05. The standard InChI is InChI=1S/C18H19Cl2N/c1-12(2)15-6-4-14(5-7-15)11-21-13(3)17-9-8-16(19)10-18(17)20/h4-13H,1-3H3. The van der Waals surface area contributed by atoms with Gasteiger partial charge in [0.2, 0.25) is 0 Å². The van der Waals surface area contributed by atoms with Crippen LogP contribution in [0.4, 0.5) is 0 Å². The van der Waals surface area contributed by atoms with Crippen LogP contribution < -0.4 is 0 Å². The van der Waals surface area contributed by atoms with Crippen molar-refractivity contribution in [1.29, 1.82) is 0 Å². The van der Waals surface area contributed by atoms with Gasteiger partial charge in [0.25, 0.3) is 0 Å². The van der Waals surface area contributed by atoms with Gasteiger partial charge in [-0.05, 0) is 41.7 Å². The molecule has 21 heavy (non-hydrogen) atoms. The fourth-order valence-electron chi connectivity index (χ4n) is 2.09. The predicted octanol–water partition coefficient (Wildman–Crippen LogP) is 6.30. The van der Waals surface area contributed by atoms with Gasteiger partial charge in [-0.1, -0.05) is 67.4 Å². The van der Waals surface area contributed by atoms with Gasteiger partial charge in [-0.25, -0.2) is 0 Å². The Labute approximate surface area is 136 Å². The zero-order chi connectivity index (χ0) is 15.4. The van der Waals surface area contributed by atoms with E-state index in [9.17, 15) is 0 Å². The molecule has 1 atom stereocenters. The number of halogens is 2. The van der Waals surface area contributed by atoms with Gasteiger partial charge in [0.1, 0.15) is 0 Å². The first-order valence-corrected chi connectivity index (χ1v) is 7.81. The second-order valence-corrected chi connectivity index (χ2v) is 6.28. The quantitative estimate of drug-likeness (QED) is 0.586. The summed E-state index contributed by atoms with van der Waals surface area (Å²) in [6, 6.07) is 14.0. The summed E-state index contributed by atoms with van der Waals surface area (Å²) in [6.45, 7) is 6.40. The summed E-state index contributed by atoms with van der Waals surface area (Å²) in [6.07, 6.45) is 1.89. The molecule has 0 radical (unpaired) electrons. The summed E-state index contributed by atoms with van der Waals surface area (Å²) in [5.41, 5.74) is 3.41. The van der Waals surface area contributed by atoms with E-state index in [2.05, 4.69) is 43.1 Å². The molecule has 0 bridgehead atoms. The van der Waals surface area contributed by atoms with E-state index in [1.165, 1.54) is 5.56 Å². The lowest BCUT2D eigenvalue weighted by Crippen LogP contribution is -1.93. The largest absolute Gasteiger partial charge is 0.285 e. The molecule has 2 aromatic rings. The van der Waals surface area contributed by atoms with Gasteiger partial charge in [-0.15, -0.1) is 0 Å². The van der Waals surface area contributed by atoms with Crippen molar-refractivity contribution < 1.29 is 0 Å². The minimum Gasteiger partial charge on any atom is -0.285 e. The Morgan fingerprint density at radius 2 is 1.62 bits per heavy atom. The lowest BCUT2D eigenvalue weighted by atomic mass is 10.0. The van der Waals surface area contributed by atoms with E-state index < -0.39 is 0 Å². The maximum absolute atomic E-state index is 6.20. The van der Waals surface area contributed by atoms with Crippen LogP contribution >= 0.6 is 23.2 Å². The van der Waals surface area contributed by atoms with E-state index in [1.54, 1.807) is 6.07 Å². The molecule has 0 heterocycles. The Morgan fingerprint density at radius 1 is 0.952 bits per heavy atom. The Hall–Kier alpha value is -1.31. The molecule has 1 nitrogen and oxygen atoms in total. The number of benzene rings is 2. The molecule has 0 saturated carbocycles. The summed E-state index contributed by atoms with van der Waals surface area (Å²) in [7, 11) is 0. The topological polar surface area (TPSA) is 12.4 Å². The second kappa shape index (κ2) is 7.11. The van der Waals surface area contributed by atoms with Gasteiger partial charge in [-0.2, -0.15) is 0 Å². The second-order valence-electron chi connectivity index (χ2n) is 5.44. The van der Waals surface area contributed by atoms with Crippen LogP contribution in [-0.4, -0.2) is 6.21 Å². The molecule has 1 unspecified atom stereocenters. The third kappa shape index (κ3) is 4.33. The lowest BCUT2D eigenvalue weighted by molar-refractivity contribution is 0.825. The molecular weight excluding hydrogens is 301 g/mol. The average Bonchev–Trinajstić information content (AvgIpc) is 2.45. The number of hydrogen-bond donors (Lipinski definition) is 0. The van der Waals surface area contributed by atoms with Crippen molar-refractivity contribution in [3.8, 4) is 0 Å². The summed E-state index contributed by atoms with van der Waals surface area (Å²) >= 11 is 12.1. The third-order valence-corrected chi connectivity index (χ3v) is 4.03. The smallest absolute Gasteiger partial charge is 0.0735 e. The summed E-state index contributed by atoms with van der Waals surface area (Å²) in [4.78, 5) is 4.58. The zero-order valence-corrected chi connectivity index (χ0v) is 14.0. The maximum atomic E-state index is 6.20. The van der Waals surface area contributed by atoms with Crippen LogP contribution in [0.2, 0.25) is 10.0 Å². The van der Waals surface area contributed by atoms with Crippen molar-refractivity contribution in [3.05, 3.63) is 69.2 Å². The van der Waals surface area contributed by atoms with Crippen LogP contribution in [0.1, 0.15) is 49.4 Å². The average molecular weight is 320 g/mol. The molecule has 0 saturated heterocycles.